The standard InChI is InChI=1S/C29H35N3O5S/c1-7-26(37-25-17-15-24(16-18-25)32(5)38(6,35)36)28(34)31-23-10-8-9-22(19-23)30-27(33)20-11-13-21(14-12-20)29(2,3)4/h8-19,26H,7H2,1-6H3,(H,30,33)(H,31,34). The molecule has 3 aromatic rings. The van der Waals surface area contributed by atoms with E-state index in [-0.39, 0.29) is 17.2 Å². The van der Waals surface area contributed by atoms with Gasteiger partial charge in [0, 0.05) is 24.0 Å². The molecule has 0 radical (unpaired) electrons. The van der Waals surface area contributed by atoms with E-state index in [2.05, 4.69) is 31.4 Å². The average Bonchev–Trinajstić information content (AvgIpc) is 2.86. The second-order valence-corrected chi connectivity index (χ2v) is 12.1. The minimum Gasteiger partial charge on any atom is -0.481 e. The molecule has 0 fully saturated rings. The van der Waals surface area contributed by atoms with Gasteiger partial charge in [-0.15, -0.1) is 0 Å². The van der Waals surface area contributed by atoms with E-state index in [1.54, 1.807) is 60.7 Å². The van der Waals surface area contributed by atoms with Gasteiger partial charge in [-0.1, -0.05) is 45.9 Å². The van der Waals surface area contributed by atoms with Gasteiger partial charge in [0.25, 0.3) is 11.8 Å². The molecule has 2 N–H and O–H groups in total. The first-order valence-electron chi connectivity index (χ1n) is 12.3. The predicted molar refractivity (Wildman–Crippen MR) is 153 cm³/mol. The Morgan fingerprint density at radius 1 is 0.921 bits per heavy atom. The molecule has 0 bridgehead atoms. The SMILES string of the molecule is CCC(Oc1ccc(N(C)S(C)(=O)=O)cc1)C(=O)Nc1cccc(NC(=O)c2ccc(C(C)(C)C)cc2)c1. The lowest BCUT2D eigenvalue weighted by molar-refractivity contribution is -0.122. The van der Waals surface area contributed by atoms with Crippen molar-refractivity contribution in [2.24, 2.45) is 0 Å². The molecule has 202 valence electrons. The van der Waals surface area contributed by atoms with Crippen LogP contribution in [-0.2, 0) is 20.2 Å². The summed E-state index contributed by atoms with van der Waals surface area (Å²) in [5.41, 5.74) is 3.24. The van der Waals surface area contributed by atoms with E-state index in [4.69, 9.17) is 4.74 Å². The first-order chi connectivity index (χ1) is 17.8. The highest BCUT2D eigenvalue weighted by atomic mass is 32.2. The van der Waals surface area contributed by atoms with Gasteiger partial charge in [-0.3, -0.25) is 13.9 Å². The molecule has 1 unspecified atom stereocenters. The summed E-state index contributed by atoms with van der Waals surface area (Å²) >= 11 is 0. The third-order valence-corrected chi connectivity index (χ3v) is 7.25. The number of carbonyl (C=O) groups is 2. The molecule has 0 heterocycles. The summed E-state index contributed by atoms with van der Waals surface area (Å²) in [5, 5.41) is 5.71. The summed E-state index contributed by atoms with van der Waals surface area (Å²) < 4.78 is 30.5. The van der Waals surface area contributed by atoms with Gasteiger partial charge in [0.2, 0.25) is 10.0 Å². The fourth-order valence-corrected chi connectivity index (χ4v) is 4.14. The molecule has 3 aromatic carbocycles. The van der Waals surface area contributed by atoms with Gasteiger partial charge in [-0.05, 0) is 72.0 Å². The normalized spacial score (nSPS) is 12.4. The second-order valence-electron chi connectivity index (χ2n) is 10.1. The lowest BCUT2D eigenvalue weighted by Gasteiger charge is -2.20. The number of amides is 2. The number of nitrogens with one attached hydrogen (secondary N) is 2. The lowest BCUT2D eigenvalue weighted by Crippen LogP contribution is -2.32. The van der Waals surface area contributed by atoms with E-state index < -0.39 is 16.1 Å². The molecule has 0 saturated carbocycles. The zero-order chi connectivity index (χ0) is 28.1. The second kappa shape index (κ2) is 11.7. The van der Waals surface area contributed by atoms with Crippen molar-refractivity contribution in [1.82, 2.24) is 0 Å². The summed E-state index contributed by atoms with van der Waals surface area (Å²) in [7, 11) is -1.91. The van der Waals surface area contributed by atoms with E-state index in [1.807, 2.05) is 19.1 Å². The summed E-state index contributed by atoms with van der Waals surface area (Å²) in [6.45, 7) is 8.18. The van der Waals surface area contributed by atoms with Crippen LogP contribution >= 0.6 is 0 Å². The van der Waals surface area contributed by atoms with Crippen LogP contribution in [0.3, 0.4) is 0 Å². The Morgan fingerprint density at radius 3 is 2.03 bits per heavy atom. The lowest BCUT2D eigenvalue weighted by atomic mass is 9.87. The zero-order valence-electron chi connectivity index (χ0n) is 22.6. The Hall–Kier alpha value is -3.85. The Balaban J connectivity index is 1.63. The Kier molecular flexibility index (Phi) is 8.83. The van der Waals surface area contributed by atoms with Gasteiger partial charge in [0.1, 0.15) is 5.75 Å². The quantitative estimate of drug-likeness (QED) is 0.379. The zero-order valence-corrected chi connectivity index (χ0v) is 23.4. The summed E-state index contributed by atoms with van der Waals surface area (Å²) in [5.74, 6) is -0.143. The van der Waals surface area contributed by atoms with Crippen molar-refractivity contribution in [3.05, 3.63) is 83.9 Å². The van der Waals surface area contributed by atoms with E-state index in [0.29, 0.717) is 34.8 Å². The van der Waals surface area contributed by atoms with Gasteiger partial charge < -0.3 is 15.4 Å². The number of anilines is 3. The maximum absolute atomic E-state index is 12.9. The van der Waals surface area contributed by atoms with Crippen molar-refractivity contribution in [1.29, 1.82) is 0 Å². The number of rotatable bonds is 9. The van der Waals surface area contributed by atoms with Gasteiger partial charge in [0.05, 0.1) is 11.9 Å². The minimum absolute atomic E-state index is 0.0000110. The molecule has 0 spiro atoms. The number of hydrogen-bond donors (Lipinski definition) is 2. The van der Waals surface area contributed by atoms with Crippen LogP contribution in [0.1, 0.15) is 50.0 Å². The number of nitrogens with zero attached hydrogens (tertiary/aromatic N) is 1. The molecular formula is C29H35N3O5S. The maximum atomic E-state index is 12.9. The topological polar surface area (TPSA) is 105 Å². The van der Waals surface area contributed by atoms with Gasteiger partial charge >= 0.3 is 0 Å². The number of hydrogen-bond acceptors (Lipinski definition) is 5. The van der Waals surface area contributed by atoms with E-state index >= 15 is 0 Å². The molecular weight excluding hydrogens is 502 g/mol. The summed E-state index contributed by atoms with van der Waals surface area (Å²) in [4.78, 5) is 25.6. The van der Waals surface area contributed by atoms with E-state index in [9.17, 15) is 18.0 Å². The van der Waals surface area contributed by atoms with Crippen molar-refractivity contribution in [2.75, 3.05) is 28.2 Å². The average molecular weight is 538 g/mol. The molecule has 0 saturated heterocycles. The van der Waals surface area contributed by atoms with Crippen molar-refractivity contribution in [3.63, 3.8) is 0 Å². The van der Waals surface area contributed by atoms with Crippen LogP contribution in [-0.4, -0.2) is 39.6 Å². The molecule has 0 aliphatic carbocycles. The highest BCUT2D eigenvalue weighted by Crippen LogP contribution is 2.24. The first-order valence-corrected chi connectivity index (χ1v) is 14.2. The number of sulfonamides is 1. The number of carbonyl (C=O) groups excluding carboxylic acids is 2. The molecule has 9 heteroatoms. The van der Waals surface area contributed by atoms with E-state index in [1.165, 1.54) is 7.05 Å². The largest absolute Gasteiger partial charge is 0.481 e. The molecule has 2 amide bonds. The molecule has 0 aliphatic heterocycles. The van der Waals surface area contributed by atoms with Crippen LogP contribution in [0.4, 0.5) is 17.1 Å². The summed E-state index contributed by atoms with van der Waals surface area (Å²) in [6.07, 6.45) is 0.769. The van der Waals surface area contributed by atoms with Crippen molar-refractivity contribution in [2.45, 2.75) is 45.6 Å². The van der Waals surface area contributed by atoms with Crippen molar-refractivity contribution in [3.8, 4) is 5.75 Å². The van der Waals surface area contributed by atoms with Crippen molar-refractivity contribution >= 4 is 38.9 Å². The predicted octanol–water partition coefficient (Wildman–Crippen LogP) is 5.43. The highest BCUT2D eigenvalue weighted by molar-refractivity contribution is 7.92. The fourth-order valence-electron chi connectivity index (χ4n) is 3.63. The molecule has 3 rings (SSSR count). The molecule has 0 aromatic heterocycles. The van der Waals surface area contributed by atoms with E-state index in [0.717, 1.165) is 16.1 Å². The molecule has 1 atom stereocenters. The van der Waals surface area contributed by atoms with Crippen LogP contribution in [0, 0.1) is 0 Å². The smallest absolute Gasteiger partial charge is 0.265 e. The van der Waals surface area contributed by atoms with Crippen LogP contribution in [0.25, 0.3) is 0 Å². The third-order valence-electron chi connectivity index (χ3n) is 6.04. The Bertz CT molecular complexity index is 1380. The molecule has 8 nitrogen and oxygen atoms in total. The van der Waals surface area contributed by atoms with Crippen LogP contribution in [0.15, 0.2) is 72.8 Å². The van der Waals surface area contributed by atoms with Crippen molar-refractivity contribution < 1.29 is 22.7 Å². The summed E-state index contributed by atoms with van der Waals surface area (Å²) in [6, 6.07) is 20.9. The molecule has 38 heavy (non-hydrogen) atoms. The van der Waals surface area contributed by atoms with Gasteiger partial charge in [0.15, 0.2) is 6.10 Å². The van der Waals surface area contributed by atoms with Crippen LogP contribution in [0.5, 0.6) is 5.75 Å². The number of benzene rings is 3. The minimum atomic E-state index is -3.38. The first kappa shape index (κ1) is 28.7. The fraction of sp³-hybridized carbons (Fsp3) is 0.310. The third kappa shape index (κ3) is 7.58. The maximum Gasteiger partial charge on any atom is 0.265 e. The Labute approximate surface area is 225 Å². The monoisotopic (exact) mass is 537 g/mol. The van der Waals surface area contributed by atoms with Crippen LogP contribution in [0.2, 0.25) is 0 Å². The molecule has 0 aliphatic rings. The highest BCUT2D eigenvalue weighted by Gasteiger charge is 2.20. The number of ether oxygens (including phenoxy) is 1. The van der Waals surface area contributed by atoms with Gasteiger partial charge in [-0.25, -0.2) is 8.42 Å². The Morgan fingerprint density at radius 2 is 1.50 bits per heavy atom. The van der Waals surface area contributed by atoms with Crippen LogP contribution < -0.4 is 19.7 Å². The van der Waals surface area contributed by atoms with Gasteiger partial charge in [-0.2, -0.15) is 0 Å².